The van der Waals surface area contributed by atoms with Crippen LogP contribution in [0.2, 0.25) is 5.02 Å². The van der Waals surface area contributed by atoms with Crippen LogP contribution in [0.25, 0.3) is 45.0 Å². The van der Waals surface area contributed by atoms with Crippen molar-refractivity contribution < 1.29 is 28.6 Å². The Bertz CT molecular complexity index is 2150. The largest absolute Gasteiger partial charge is 0.481 e. The van der Waals surface area contributed by atoms with Crippen LogP contribution in [0.3, 0.4) is 0 Å². The molecule has 0 saturated carbocycles. The van der Waals surface area contributed by atoms with Crippen LogP contribution >= 0.6 is 11.6 Å². The zero-order valence-corrected chi connectivity index (χ0v) is 31.8. The van der Waals surface area contributed by atoms with Crippen LogP contribution < -0.4 is 0 Å². The smallest absolute Gasteiger partial charge is 0.303 e. The van der Waals surface area contributed by atoms with E-state index in [0.717, 1.165) is 28.9 Å². The molecule has 4 N–H and O–H groups in total. The summed E-state index contributed by atoms with van der Waals surface area (Å²) in [5.41, 5.74) is 3.16. The minimum atomic E-state index is -0.926. The summed E-state index contributed by atoms with van der Waals surface area (Å²) in [5, 5.41) is 27.2. The molecular weight excluding hydrogens is 720 g/mol. The fraction of sp³-hybridized carbons (Fsp3) is 0.395. The summed E-state index contributed by atoms with van der Waals surface area (Å²) >= 11 is 6.00. The lowest BCUT2D eigenvalue weighted by molar-refractivity contribution is -0.140. The van der Waals surface area contributed by atoms with E-state index in [4.69, 9.17) is 11.6 Å². The van der Waals surface area contributed by atoms with Crippen LogP contribution in [0.5, 0.6) is 0 Å². The third-order valence-electron chi connectivity index (χ3n) is 9.31. The molecule has 0 aliphatic carbocycles. The molecule has 6 heterocycles. The van der Waals surface area contributed by atoms with Crippen molar-refractivity contribution in [3.8, 4) is 22.9 Å². The molecule has 0 aliphatic rings. The number of pyridine rings is 2. The Morgan fingerprint density at radius 3 is 1.89 bits per heavy atom. The molecule has 0 unspecified atom stereocenters. The van der Waals surface area contributed by atoms with Gasteiger partial charge in [0.1, 0.15) is 11.3 Å². The number of aryl methyl sites for hydroxylation is 1. The van der Waals surface area contributed by atoms with Gasteiger partial charge in [-0.1, -0.05) is 53.1 Å². The SMILES string of the molecule is CC(C)(C)[C@@H](CC(=O)O)Cc1nc(-c2[nH]nc3ncc(Cl)cc23)ncc1F.Cc1cnc2[nH]cc(-c3ncc(F)c(C[C@H](CC(=O)O)C(C)(C)C)n3)c2c1. The second-order valence-electron chi connectivity index (χ2n) is 15.4. The fourth-order valence-corrected chi connectivity index (χ4v) is 6.09. The average Bonchev–Trinajstić information content (AvgIpc) is 3.69. The summed E-state index contributed by atoms with van der Waals surface area (Å²) in [6.45, 7) is 13.6. The number of hydrogen-bond donors (Lipinski definition) is 4. The van der Waals surface area contributed by atoms with E-state index in [0.29, 0.717) is 33.2 Å². The predicted molar refractivity (Wildman–Crippen MR) is 200 cm³/mol. The lowest BCUT2D eigenvalue weighted by Gasteiger charge is -2.29. The Morgan fingerprint density at radius 1 is 0.778 bits per heavy atom. The second kappa shape index (κ2) is 15.9. The maximum Gasteiger partial charge on any atom is 0.303 e. The number of H-pyrrole nitrogens is 2. The molecule has 2 atom stereocenters. The molecule has 0 saturated heterocycles. The first-order valence-corrected chi connectivity index (χ1v) is 17.6. The van der Waals surface area contributed by atoms with Crippen LogP contribution in [0.4, 0.5) is 8.78 Å². The van der Waals surface area contributed by atoms with Crippen molar-refractivity contribution in [2.45, 2.75) is 74.1 Å². The molecule has 284 valence electrons. The molecule has 0 spiro atoms. The summed E-state index contributed by atoms with van der Waals surface area (Å²) in [5.74, 6) is -2.81. The van der Waals surface area contributed by atoms with Gasteiger partial charge in [0.2, 0.25) is 0 Å². The van der Waals surface area contributed by atoms with Gasteiger partial charge in [-0.05, 0) is 60.1 Å². The van der Waals surface area contributed by atoms with Gasteiger partial charge < -0.3 is 15.2 Å². The number of nitrogens with zero attached hydrogens (tertiary/aromatic N) is 7. The zero-order valence-electron chi connectivity index (χ0n) is 31.0. The molecule has 0 aliphatic heterocycles. The van der Waals surface area contributed by atoms with E-state index in [-0.39, 0.29) is 65.6 Å². The fourth-order valence-electron chi connectivity index (χ4n) is 5.94. The van der Waals surface area contributed by atoms with E-state index in [1.165, 1.54) is 6.20 Å². The van der Waals surface area contributed by atoms with Crippen LogP contribution in [0.1, 0.15) is 71.3 Å². The van der Waals surface area contributed by atoms with Crippen molar-refractivity contribution in [1.82, 2.24) is 45.1 Å². The molecule has 0 amide bonds. The molecule has 6 rings (SSSR count). The molecule has 6 aromatic heterocycles. The van der Waals surface area contributed by atoms with E-state index < -0.39 is 23.6 Å². The molecule has 13 nitrogen and oxygen atoms in total. The minimum Gasteiger partial charge on any atom is -0.481 e. The first-order chi connectivity index (χ1) is 25.3. The average molecular weight is 762 g/mol. The quantitative estimate of drug-likeness (QED) is 0.105. The van der Waals surface area contributed by atoms with E-state index in [2.05, 4.69) is 45.1 Å². The summed E-state index contributed by atoms with van der Waals surface area (Å²) in [4.78, 5) is 50.9. The number of fused-ring (bicyclic) bond motifs is 2. The van der Waals surface area contributed by atoms with Crippen molar-refractivity contribution in [2.75, 3.05) is 0 Å². The predicted octanol–water partition coefficient (Wildman–Crippen LogP) is 8.03. The normalized spacial score (nSPS) is 13.1. The highest BCUT2D eigenvalue weighted by Crippen LogP contribution is 2.34. The van der Waals surface area contributed by atoms with Crippen molar-refractivity contribution in [3.05, 3.63) is 76.7 Å². The number of aromatic nitrogens is 9. The van der Waals surface area contributed by atoms with Crippen molar-refractivity contribution in [2.24, 2.45) is 22.7 Å². The molecular formula is C38H42ClF2N9O4. The molecule has 16 heteroatoms. The Labute approximate surface area is 315 Å². The van der Waals surface area contributed by atoms with Crippen molar-refractivity contribution in [3.63, 3.8) is 0 Å². The Balaban J connectivity index is 0.000000208. The minimum absolute atomic E-state index is 0.0432. The molecule has 0 radical (unpaired) electrons. The zero-order chi connectivity index (χ0) is 39.5. The van der Waals surface area contributed by atoms with Gasteiger partial charge in [-0.25, -0.2) is 38.7 Å². The maximum absolute atomic E-state index is 14.4. The molecule has 0 aromatic carbocycles. The van der Waals surface area contributed by atoms with Crippen molar-refractivity contribution >= 4 is 45.6 Å². The Morgan fingerprint density at radius 2 is 1.33 bits per heavy atom. The van der Waals surface area contributed by atoms with Gasteiger partial charge in [0, 0.05) is 42.4 Å². The van der Waals surface area contributed by atoms with E-state index >= 15 is 0 Å². The standard InChI is InChI=1S/C20H23FN4O2.C18H19ClFN5O2/c1-11-5-13-14(9-23-18(13)22-8-11)19-24-10-15(21)16(25-19)6-12(7-17(26)27)20(2,3)4;1-18(2,3)9(5-14(26)27)4-13-12(20)8-22-17(23-13)15-11-6-10(19)7-21-16(11)25-24-15/h5,8-10,12H,6-7H2,1-4H3,(H,22,23)(H,26,27);6-9H,4-5H2,1-3H3,(H,26,27)(H,21,24,25)/t12-;9-/m11/s1. The highest BCUT2D eigenvalue weighted by molar-refractivity contribution is 6.31. The van der Waals surface area contributed by atoms with E-state index in [1.807, 2.05) is 54.5 Å². The Kier molecular flexibility index (Phi) is 11.7. The van der Waals surface area contributed by atoms with E-state index in [9.17, 15) is 28.6 Å². The van der Waals surface area contributed by atoms with E-state index in [1.54, 1.807) is 18.5 Å². The molecule has 0 fully saturated rings. The molecule has 0 bridgehead atoms. The highest BCUT2D eigenvalue weighted by atomic mass is 35.5. The summed E-state index contributed by atoms with van der Waals surface area (Å²) in [6, 6.07) is 3.65. The number of nitrogens with one attached hydrogen (secondary N) is 2. The number of carboxylic acids is 2. The number of rotatable bonds is 10. The third-order valence-corrected chi connectivity index (χ3v) is 9.52. The Hall–Kier alpha value is -5.44. The van der Waals surface area contributed by atoms with Crippen LogP contribution in [-0.2, 0) is 22.4 Å². The summed E-state index contributed by atoms with van der Waals surface area (Å²) in [6.07, 6.45) is 7.53. The summed E-state index contributed by atoms with van der Waals surface area (Å²) < 4.78 is 28.7. The van der Waals surface area contributed by atoms with Crippen LogP contribution in [0, 0.1) is 41.2 Å². The monoisotopic (exact) mass is 761 g/mol. The maximum atomic E-state index is 14.4. The van der Waals surface area contributed by atoms with Gasteiger partial charge in [-0.3, -0.25) is 14.7 Å². The van der Waals surface area contributed by atoms with Gasteiger partial charge in [0.05, 0.1) is 34.2 Å². The number of aromatic amines is 2. The highest BCUT2D eigenvalue weighted by Gasteiger charge is 2.30. The third kappa shape index (κ3) is 9.56. The topological polar surface area (TPSA) is 196 Å². The van der Waals surface area contributed by atoms with Gasteiger partial charge in [0.25, 0.3) is 0 Å². The van der Waals surface area contributed by atoms with Gasteiger partial charge in [-0.15, -0.1) is 0 Å². The van der Waals surface area contributed by atoms with Crippen molar-refractivity contribution in [1.29, 1.82) is 0 Å². The van der Waals surface area contributed by atoms with Crippen LogP contribution in [-0.4, -0.2) is 67.2 Å². The number of halogens is 3. The lowest BCUT2D eigenvalue weighted by atomic mass is 9.76. The number of carbonyl (C=O) groups is 2. The number of carboxylic acid groups (broad SMARTS) is 2. The first kappa shape index (κ1) is 39.8. The van der Waals surface area contributed by atoms with Gasteiger partial charge in [0.15, 0.2) is 28.9 Å². The summed E-state index contributed by atoms with van der Waals surface area (Å²) in [7, 11) is 0. The molecule has 6 aromatic rings. The first-order valence-electron chi connectivity index (χ1n) is 17.2. The second-order valence-corrected chi connectivity index (χ2v) is 15.9. The number of aliphatic carboxylic acids is 2. The molecule has 54 heavy (non-hydrogen) atoms. The lowest BCUT2D eigenvalue weighted by Crippen LogP contribution is -2.26. The number of hydrogen-bond acceptors (Lipinski definition) is 9. The van der Waals surface area contributed by atoms with Gasteiger partial charge >= 0.3 is 11.9 Å². The van der Waals surface area contributed by atoms with Crippen LogP contribution in [0.15, 0.2) is 43.1 Å². The van der Waals surface area contributed by atoms with Gasteiger partial charge in [-0.2, -0.15) is 5.10 Å².